The minimum Gasteiger partial charge on any atom is -0.493 e. The summed E-state index contributed by atoms with van der Waals surface area (Å²) in [6.07, 6.45) is 5.10. The number of aryl methyl sites for hydroxylation is 1. The monoisotopic (exact) mass is 383 g/mol. The second-order valence-corrected chi connectivity index (χ2v) is 5.74. The van der Waals surface area contributed by atoms with Gasteiger partial charge in [0.2, 0.25) is 5.75 Å². The molecule has 0 radical (unpaired) electrons. The van der Waals surface area contributed by atoms with Crippen molar-refractivity contribution in [1.82, 2.24) is 14.5 Å². The van der Waals surface area contributed by atoms with Gasteiger partial charge in [0, 0.05) is 24.5 Å². The molecule has 3 aromatic rings. The minimum atomic E-state index is -0.428. The molecule has 0 bridgehead atoms. The van der Waals surface area contributed by atoms with Gasteiger partial charge in [0.25, 0.3) is 0 Å². The molecule has 0 aliphatic carbocycles. The van der Waals surface area contributed by atoms with Gasteiger partial charge in [-0.2, -0.15) is 0 Å². The summed E-state index contributed by atoms with van der Waals surface area (Å²) in [7, 11) is 4.54. The predicted molar refractivity (Wildman–Crippen MR) is 105 cm³/mol. The summed E-state index contributed by atoms with van der Waals surface area (Å²) in [5.41, 5.74) is 1.04. The first-order valence-corrected chi connectivity index (χ1v) is 8.40. The maximum absolute atomic E-state index is 12.3. The van der Waals surface area contributed by atoms with Crippen LogP contribution < -0.4 is 24.8 Å². The fourth-order valence-electron chi connectivity index (χ4n) is 2.67. The van der Waals surface area contributed by atoms with E-state index in [1.54, 1.807) is 36.7 Å². The lowest BCUT2D eigenvalue weighted by atomic mass is 10.2. The number of amides is 2. The Labute approximate surface area is 162 Å². The number of hydrogen-bond donors (Lipinski definition) is 2. The normalized spacial score (nSPS) is 10.3. The lowest BCUT2D eigenvalue weighted by Crippen LogP contribution is -2.19. The molecule has 0 aliphatic heterocycles. The minimum absolute atomic E-state index is 0.428. The molecule has 28 heavy (non-hydrogen) atoms. The van der Waals surface area contributed by atoms with Crippen LogP contribution >= 0.6 is 0 Å². The van der Waals surface area contributed by atoms with Gasteiger partial charge in [0.15, 0.2) is 11.5 Å². The highest BCUT2D eigenvalue weighted by Gasteiger charge is 2.14. The molecule has 0 spiro atoms. The molecular formula is C19H21N5O4. The Hall–Kier alpha value is -3.75. The van der Waals surface area contributed by atoms with Gasteiger partial charge in [-0.1, -0.05) is 0 Å². The van der Waals surface area contributed by atoms with E-state index < -0.39 is 6.03 Å². The van der Waals surface area contributed by atoms with Gasteiger partial charge >= 0.3 is 6.03 Å². The van der Waals surface area contributed by atoms with E-state index in [1.807, 2.05) is 17.7 Å². The van der Waals surface area contributed by atoms with Crippen molar-refractivity contribution < 1.29 is 19.0 Å². The van der Waals surface area contributed by atoms with Crippen LogP contribution in [0.5, 0.6) is 17.2 Å². The fraction of sp³-hybridized carbons (Fsp3) is 0.211. The van der Waals surface area contributed by atoms with E-state index in [0.29, 0.717) is 34.4 Å². The lowest BCUT2D eigenvalue weighted by molar-refractivity contribution is 0.262. The molecule has 0 fully saturated rings. The van der Waals surface area contributed by atoms with Crippen LogP contribution in [0.3, 0.4) is 0 Å². The van der Waals surface area contributed by atoms with Crippen molar-refractivity contribution in [3.05, 3.63) is 48.7 Å². The molecule has 0 atom stereocenters. The van der Waals surface area contributed by atoms with E-state index in [1.165, 1.54) is 21.3 Å². The van der Waals surface area contributed by atoms with E-state index in [9.17, 15) is 4.79 Å². The number of carbonyl (C=O) groups is 1. The Morgan fingerprint density at radius 2 is 1.64 bits per heavy atom. The number of anilines is 2. The number of nitrogens with one attached hydrogen (secondary N) is 2. The molecule has 1 aromatic carbocycles. The SMILES string of the molecule is COc1cc(NC(=O)Nc2ccc(-n3ccnc3C)nc2)cc(OC)c1OC. The molecule has 0 unspecified atom stereocenters. The summed E-state index contributed by atoms with van der Waals surface area (Å²) >= 11 is 0. The van der Waals surface area contributed by atoms with Crippen LogP contribution in [0.1, 0.15) is 5.82 Å². The zero-order valence-corrected chi connectivity index (χ0v) is 16.0. The number of aromatic nitrogens is 3. The summed E-state index contributed by atoms with van der Waals surface area (Å²) in [6.45, 7) is 1.89. The van der Waals surface area contributed by atoms with Crippen LogP contribution in [-0.2, 0) is 0 Å². The third kappa shape index (κ3) is 3.98. The molecule has 9 heteroatoms. The molecule has 2 heterocycles. The Morgan fingerprint density at radius 1 is 0.964 bits per heavy atom. The third-order valence-corrected chi connectivity index (χ3v) is 4.00. The smallest absolute Gasteiger partial charge is 0.323 e. The molecule has 0 aliphatic rings. The fourth-order valence-corrected chi connectivity index (χ4v) is 2.67. The molecule has 3 rings (SSSR count). The molecule has 0 saturated heterocycles. The van der Waals surface area contributed by atoms with Crippen molar-refractivity contribution in [2.45, 2.75) is 6.92 Å². The zero-order valence-electron chi connectivity index (χ0n) is 16.0. The summed E-state index contributed by atoms with van der Waals surface area (Å²) in [6, 6.07) is 6.41. The van der Waals surface area contributed by atoms with Crippen LogP contribution in [0.25, 0.3) is 5.82 Å². The van der Waals surface area contributed by atoms with Gasteiger partial charge in [-0.15, -0.1) is 0 Å². The Bertz CT molecular complexity index is 944. The highest BCUT2D eigenvalue weighted by atomic mass is 16.5. The first-order valence-electron chi connectivity index (χ1n) is 8.40. The zero-order chi connectivity index (χ0) is 20.1. The number of carbonyl (C=O) groups excluding carboxylic acids is 1. The third-order valence-electron chi connectivity index (χ3n) is 4.00. The lowest BCUT2D eigenvalue weighted by Gasteiger charge is -2.15. The van der Waals surface area contributed by atoms with Gasteiger partial charge in [0.1, 0.15) is 11.6 Å². The van der Waals surface area contributed by atoms with E-state index in [-0.39, 0.29) is 0 Å². The molecule has 9 nitrogen and oxygen atoms in total. The number of methoxy groups -OCH3 is 3. The first kappa shape index (κ1) is 19.0. The second-order valence-electron chi connectivity index (χ2n) is 5.74. The number of hydrogen-bond acceptors (Lipinski definition) is 6. The van der Waals surface area contributed by atoms with Gasteiger partial charge in [0.05, 0.1) is 38.9 Å². The average Bonchev–Trinajstić information content (AvgIpc) is 3.13. The Balaban J connectivity index is 1.71. The van der Waals surface area contributed by atoms with Gasteiger partial charge in [-0.05, 0) is 19.1 Å². The maximum atomic E-state index is 12.3. The summed E-state index contributed by atoms with van der Waals surface area (Å²) < 4.78 is 17.7. The molecular weight excluding hydrogens is 362 g/mol. The van der Waals surface area contributed by atoms with Crippen molar-refractivity contribution in [2.75, 3.05) is 32.0 Å². The predicted octanol–water partition coefficient (Wildman–Crippen LogP) is 3.25. The van der Waals surface area contributed by atoms with Gasteiger partial charge in [-0.25, -0.2) is 14.8 Å². The number of pyridine rings is 1. The summed E-state index contributed by atoms with van der Waals surface area (Å²) in [4.78, 5) is 20.8. The topological polar surface area (TPSA) is 99.5 Å². The van der Waals surface area contributed by atoms with Crippen molar-refractivity contribution >= 4 is 17.4 Å². The Morgan fingerprint density at radius 3 is 2.14 bits per heavy atom. The molecule has 2 aromatic heterocycles. The van der Waals surface area contributed by atoms with E-state index in [0.717, 1.165) is 5.82 Å². The van der Waals surface area contributed by atoms with Crippen LogP contribution in [-0.4, -0.2) is 41.9 Å². The molecule has 2 amide bonds. The number of imidazole rings is 1. The maximum Gasteiger partial charge on any atom is 0.323 e. The van der Waals surface area contributed by atoms with E-state index >= 15 is 0 Å². The standard InChI is InChI=1S/C19H21N5O4/c1-12-20-7-8-24(12)17-6-5-13(11-21-17)22-19(25)23-14-9-15(26-2)18(28-4)16(10-14)27-3/h5-11H,1-4H3,(H2,22,23,25). The van der Waals surface area contributed by atoms with Gasteiger partial charge in [-0.3, -0.25) is 4.57 Å². The average molecular weight is 383 g/mol. The van der Waals surface area contributed by atoms with Crippen LogP contribution in [0.15, 0.2) is 42.9 Å². The number of urea groups is 1. The van der Waals surface area contributed by atoms with Crippen LogP contribution in [0.2, 0.25) is 0 Å². The van der Waals surface area contributed by atoms with Crippen molar-refractivity contribution in [2.24, 2.45) is 0 Å². The van der Waals surface area contributed by atoms with Crippen molar-refractivity contribution in [3.8, 4) is 23.1 Å². The highest BCUT2D eigenvalue weighted by molar-refractivity contribution is 6.00. The number of rotatable bonds is 6. The Kier molecular flexibility index (Phi) is 5.64. The van der Waals surface area contributed by atoms with Crippen LogP contribution in [0, 0.1) is 6.92 Å². The number of ether oxygens (including phenoxy) is 3. The van der Waals surface area contributed by atoms with Crippen molar-refractivity contribution in [1.29, 1.82) is 0 Å². The van der Waals surface area contributed by atoms with Crippen LogP contribution in [0.4, 0.5) is 16.2 Å². The second kappa shape index (κ2) is 8.30. The summed E-state index contributed by atoms with van der Waals surface area (Å²) in [5.74, 6) is 2.88. The molecule has 146 valence electrons. The number of benzene rings is 1. The van der Waals surface area contributed by atoms with Crippen molar-refractivity contribution in [3.63, 3.8) is 0 Å². The highest BCUT2D eigenvalue weighted by Crippen LogP contribution is 2.39. The number of nitrogens with zero attached hydrogens (tertiary/aromatic N) is 3. The largest absolute Gasteiger partial charge is 0.493 e. The van der Waals surface area contributed by atoms with E-state index in [4.69, 9.17) is 14.2 Å². The van der Waals surface area contributed by atoms with E-state index in [2.05, 4.69) is 20.6 Å². The first-order chi connectivity index (χ1) is 13.5. The molecule has 2 N–H and O–H groups in total. The molecule has 0 saturated carbocycles. The van der Waals surface area contributed by atoms with Gasteiger partial charge < -0.3 is 24.8 Å². The summed E-state index contributed by atoms with van der Waals surface area (Å²) in [5, 5.41) is 5.46. The quantitative estimate of drug-likeness (QED) is 0.678.